The number of rotatable bonds is 6. The first-order valence-corrected chi connectivity index (χ1v) is 7.14. The summed E-state index contributed by atoms with van der Waals surface area (Å²) in [6.45, 7) is 3.60. The van der Waals surface area contributed by atoms with E-state index in [1.165, 1.54) is 0 Å². The summed E-state index contributed by atoms with van der Waals surface area (Å²) in [5, 5.41) is 5.99. The van der Waals surface area contributed by atoms with Crippen molar-refractivity contribution in [3.63, 3.8) is 0 Å². The summed E-state index contributed by atoms with van der Waals surface area (Å²) < 4.78 is 4.80. The predicted molar refractivity (Wildman–Crippen MR) is 68.0 cm³/mol. The average molecular weight is 260 g/mol. The lowest BCUT2D eigenvalue weighted by Gasteiger charge is -2.22. The van der Waals surface area contributed by atoms with E-state index in [1.807, 2.05) is 0 Å². The molecule has 0 radical (unpaired) electrons. The SMILES string of the molecule is CCOC(=O)CCCNC(=O)C1CSCCN1. The lowest BCUT2D eigenvalue weighted by Crippen LogP contribution is -2.49. The first-order chi connectivity index (χ1) is 8.24. The summed E-state index contributed by atoms with van der Waals surface area (Å²) in [7, 11) is 0. The average Bonchev–Trinajstić information content (AvgIpc) is 2.36. The van der Waals surface area contributed by atoms with Gasteiger partial charge < -0.3 is 15.4 Å². The van der Waals surface area contributed by atoms with Gasteiger partial charge in [-0.2, -0.15) is 11.8 Å². The van der Waals surface area contributed by atoms with E-state index in [9.17, 15) is 9.59 Å². The quantitative estimate of drug-likeness (QED) is 0.526. The fraction of sp³-hybridized carbons (Fsp3) is 0.818. The van der Waals surface area contributed by atoms with E-state index in [2.05, 4.69) is 10.6 Å². The van der Waals surface area contributed by atoms with Gasteiger partial charge in [0.25, 0.3) is 0 Å². The maximum Gasteiger partial charge on any atom is 0.305 e. The summed E-state index contributed by atoms with van der Waals surface area (Å²) in [6, 6.07) is -0.0867. The maximum atomic E-state index is 11.7. The Morgan fingerprint density at radius 3 is 3.00 bits per heavy atom. The van der Waals surface area contributed by atoms with Crippen molar-refractivity contribution in [1.29, 1.82) is 0 Å². The van der Waals surface area contributed by atoms with Crippen molar-refractivity contribution < 1.29 is 14.3 Å². The van der Waals surface area contributed by atoms with Gasteiger partial charge in [0.1, 0.15) is 0 Å². The number of carbonyl (C=O) groups is 2. The van der Waals surface area contributed by atoms with E-state index in [-0.39, 0.29) is 17.9 Å². The van der Waals surface area contributed by atoms with E-state index in [1.54, 1.807) is 18.7 Å². The lowest BCUT2D eigenvalue weighted by atomic mass is 10.2. The van der Waals surface area contributed by atoms with Crippen LogP contribution in [-0.4, -0.2) is 49.1 Å². The zero-order valence-corrected chi connectivity index (χ0v) is 11.0. The highest BCUT2D eigenvalue weighted by Crippen LogP contribution is 2.07. The highest BCUT2D eigenvalue weighted by atomic mass is 32.2. The molecule has 1 aliphatic heterocycles. The summed E-state index contributed by atoms with van der Waals surface area (Å²) in [6.07, 6.45) is 0.991. The van der Waals surface area contributed by atoms with Gasteiger partial charge in [0.05, 0.1) is 12.6 Å². The fourth-order valence-electron chi connectivity index (χ4n) is 1.53. The van der Waals surface area contributed by atoms with Crippen LogP contribution in [0.25, 0.3) is 0 Å². The molecule has 0 bridgehead atoms. The van der Waals surface area contributed by atoms with E-state index in [0.29, 0.717) is 26.0 Å². The molecule has 0 aromatic heterocycles. The van der Waals surface area contributed by atoms with Gasteiger partial charge in [0, 0.05) is 31.0 Å². The monoisotopic (exact) mass is 260 g/mol. The molecule has 98 valence electrons. The normalized spacial score (nSPS) is 19.7. The molecule has 0 aliphatic carbocycles. The van der Waals surface area contributed by atoms with Crippen molar-refractivity contribution >= 4 is 23.6 Å². The van der Waals surface area contributed by atoms with Crippen molar-refractivity contribution in [3.05, 3.63) is 0 Å². The van der Waals surface area contributed by atoms with Crippen LogP contribution in [0.1, 0.15) is 19.8 Å². The van der Waals surface area contributed by atoms with Gasteiger partial charge in [-0.05, 0) is 13.3 Å². The third-order valence-electron chi connectivity index (χ3n) is 2.40. The molecular weight excluding hydrogens is 240 g/mol. The number of hydrogen-bond acceptors (Lipinski definition) is 5. The van der Waals surface area contributed by atoms with Crippen LogP contribution in [0.3, 0.4) is 0 Å². The Bertz CT molecular complexity index is 255. The Morgan fingerprint density at radius 2 is 2.35 bits per heavy atom. The summed E-state index contributed by atoms with van der Waals surface area (Å²) >= 11 is 1.78. The largest absolute Gasteiger partial charge is 0.466 e. The number of thioether (sulfide) groups is 1. The Kier molecular flexibility index (Phi) is 7.04. The van der Waals surface area contributed by atoms with Crippen molar-refractivity contribution in [2.75, 3.05) is 31.2 Å². The van der Waals surface area contributed by atoms with Gasteiger partial charge in [-0.3, -0.25) is 9.59 Å². The summed E-state index contributed by atoms with van der Waals surface area (Å²) in [4.78, 5) is 22.7. The van der Waals surface area contributed by atoms with Crippen molar-refractivity contribution in [2.45, 2.75) is 25.8 Å². The second kappa shape index (κ2) is 8.36. The summed E-state index contributed by atoms with van der Waals surface area (Å²) in [5.41, 5.74) is 0. The number of esters is 1. The second-order valence-electron chi connectivity index (χ2n) is 3.78. The Balaban J connectivity index is 2.05. The van der Waals surface area contributed by atoms with Gasteiger partial charge in [0.15, 0.2) is 0 Å². The highest BCUT2D eigenvalue weighted by Gasteiger charge is 2.20. The van der Waals surface area contributed by atoms with Gasteiger partial charge in [-0.1, -0.05) is 0 Å². The highest BCUT2D eigenvalue weighted by molar-refractivity contribution is 7.99. The van der Waals surface area contributed by atoms with Gasteiger partial charge in [0.2, 0.25) is 5.91 Å². The molecule has 0 spiro atoms. The summed E-state index contributed by atoms with van der Waals surface area (Å²) in [5.74, 6) is 1.71. The Morgan fingerprint density at radius 1 is 1.53 bits per heavy atom. The molecule has 1 heterocycles. The number of amides is 1. The molecule has 1 amide bonds. The number of ether oxygens (including phenoxy) is 1. The number of carbonyl (C=O) groups excluding carboxylic acids is 2. The van der Waals surface area contributed by atoms with Crippen LogP contribution in [0.5, 0.6) is 0 Å². The van der Waals surface area contributed by atoms with Crippen LogP contribution in [0.2, 0.25) is 0 Å². The standard InChI is InChI=1S/C11H20N2O3S/c1-2-16-10(14)4-3-5-13-11(15)9-8-17-7-6-12-9/h9,12H,2-8H2,1H3,(H,13,15). The third-order valence-corrected chi connectivity index (χ3v) is 3.46. The molecule has 1 saturated heterocycles. The third kappa shape index (κ3) is 5.93. The number of nitrogens with one attached hydrogen (secondary N) is 2. The molecule has 0 aromatic carbocycles. The minimum Gasteiger partial charge on any atom is -0.466 e. The van der Waals surface area contributed by atoms with E-state index in [0.717, 1.165) is 18.1 Å². The molecule has 17 heavy (non-hydrogen) atoms. The predicted octanol–water partition coefficient (Wildman–Crippen LogP) is 0.151. The molecule has 1 unspecified atom stereocenters. The van der Waals surface area contributed by atoms with Gasteiger partial charge in [-0.15, -0.1) is 0 Å². The Labute approximate surface area is 106 Å². The van der Waals surface area contributed by atoms with Crippen LogP contribution in [0.4, 0.5) is 0 Å². The molecule has 2 N–H and O–H groups in total. The molecule has 1 rings (SSSR count). The molecule has 1 atom stereocenters. The van der Waals surface area contributed by atoms with Crippen LogP contribution in [-0.2, 0) is 14.3 Å². The van der Waals surface area contributed by atoms with Crippen LogP contribution < -0.4 is 10.6 Å². The fourth-order valence-corrected chi connectivity index (χ4v) is 2.47. The number of hydrogen-bond donors (Lipinski definition) is 2. The minimum atomic E-state index is -0.201. The van der Waals surface area contributed by atoms with E-state index >= 15 is 0 Å². The molecule has 1 aliphatic rings. The molecule has 1 fully saturated rings. The van der Waals surface area contributed by atoms with Crippen molar-refractivity contribution in [3.8, 4) is 0 Å². The second-order valence-corrected chi connectivity index (χ2v) is 4.93. The van der Waals surface area contributed by atoms with Crippen LogP contribution >= 0.6 is 11.8 Å². The zero-order chi connectivity index (χ0) is 12.5. The van der Waals surface area contributed by atoms with E-state index < -0.39 is 0 Å². The molecule has 0 aromatic rings. The Hall–Kier alpha value is -0.750. The van der Waals surface area contributed by atoms with Crippen molar-refractivity contribution in [2.24, 2.45) is 0 Å². The molecular formula is C11H20N2O3S. The van der Waals surface area contributed by atoms with Crippen molar-refractivity contribution in [1.82, 2.24) is 10.6 Å². The van der Waals surface area contributed by atoms with Gasteiger partial charge in [-0.25, -0.2) is 0 Å². The molecule has 6 heteroatoms. The first kappa shape index (κ1) is 14.3. The van der Waals surface area contributed by atoms with Gasteiger partial charge >= 0.3 is 5.97 Å². The molecule has 0 saturated carbocycles. The topological polar surface area (TPSA) is 67.4 Å². The van der Waals surface area contributed by atoms with E-state index in [4.69, 9.17) is 4.74 Å². The van der Waals surface area contributed by atoms with Crippen LogP contribution in [0.15, 0.2) is 0 Å². The molecule has 5 nitrogen and oxygen atoms in total. The maximum absolute atomic E-state index is 11.7. The first-order valence-electron chi connectivity index (χ1n) is 5.98. The minimum absolute atomic E-state index is 0.0288. The lowest BCUT2D eigenvalue weighted by molar-refractivity contribution is -0.143. The zero-order valence-electron chi connectivity index (χ0n) is 10.2. The van der Waals surface area contributed by atoms with Crippen LogP contribution in [0, 0.1) is 0 Å². The smallest absolute Gasteiger partial charge is 0.305 e.